The van der Waals surface area contributed by atoms with Crippen molar-refractivity contribution in [1.29, 1.82) is 0 Å². The lowest BCUT2D eigenvalue weighted by atomic mass is 10.2. The van der Waals surface area contributed by atoms with Crippen LogP contribution in [0.5, 0.6) is 0 Å². The van der Waals surface area contributed by atoms with Crippen molar-refractivity contribution in [1.82, 2.24) is 14.8 Å². The third-order valence-electron chi connectivity index (χ3n) is 3.76. The maximum absolute atomic E-state index is 12.0. The molecule has 0 unspecified atom stereocenters. The van der Waals surface area contributed by atoms with E-state index in [0.717, 1.165) is 32.7 Å². The second-order valence-electron chi connectivity index (χ2n) is 5.31. The number of aromatic nitrogens is 1. The number of carbonyl (C=O) groups excluding carboxylic acids is 1. The number of carbonyl (C=O) groups is 1. The molecule has 0 bridgehead atoms. The van der Waals surface area contributed by atoms with E-state index in [2.05, 4.69) is 20.9 Å². The summed E-state index contributed by atoms with van der Waals surface area (Å²) in [7, 11) is 0. The molecule has 1 fully saturated rings. The quantitative estimate of drug-likeness (QED) is 0.782. The first-order valence-corrected chi connectivity index (χ1v) is 7.21. The summed E-state index contributed by atoms with van der Waals surface area (Å²) in [6, 6.07) is 7.54. The van der Waals surface area contributed by atoms with Gasteiger partial charge in [-0.3, -0.25) is 19.6 Å². The molecule has 0 spiro atoms. The Balaban J connectivity index is 1.46. The molecule has 0 atom stereocenters. The van der Waals surface area contributed by atoms with Crippen LogP contribution in [0.3, 0.4) is 0 Å². The van der Waals surface area contributed by atoms with Crippen LogP contribution < -0.4 is 0 Å². The lowest BCUT2D eigenvalue weighted by Gasteiger charge is -2.34. The van der Waals surface area contributed by atoms with Gasteiger partial charge < -0.3 is 4.42 Å². The van der Waals surface area contributed by atoms with Crippen LogP contribution in [0.2, 0.25) is 0 Å². The van der Waals surface area contributed by atoms with Crippen LogP contribution >= 0.6 is 0 Å². The molecule has 0 amide bonds. The van der Waals surface area contributed by atoms with Gasteiger partial charge in [-0.1, -0.05) is 6.07 Å². The first-order valence-electron chi connectivity index (χ1n) is 7.21. The van der Waals surface area contributed by atoms with E-state index in [1.165, 1.54) is 5.56 Å². The molecule has 3 rings (SSSR count). The van der Waals surface area contributed by atoms with E-state index < -0.39 is 0 Å². The highest BCUT2D eigenvalue weighted by Gasteiger charge is 2.20. The van der Waals surface area contributed by atoms with Crippen molar-refractivity contribution in [2.45, 2.75) is 6.54 Å². The number of piperazine rings is 1. The van der Waals surface area contributed by atoms with Gasteiger partial charge in [0.25, 0.3) is 0 Å². The SMILES string of the molecule is O=C(CN1CCN(Cc2cccnc2)CC1)c1ccco1. The molecule has 3 heterocycles. The molecule has 110 valence electrons. The highest BCUT2D eigenvalue weighted by Crippen LogP contribution is 2.09. The van der Waals surface area contributed by atoms with Gasteiger partial charge in [-0.25, -0.2) is 0 Å². The van der Waals surface area contributed by atoms with Gasteiger partial charge in [-0.15, -0.1) is 0 Å². The lowest BCUT2D eigenvalue weighted by Crippen LogP contribution is -2.47. The molecule has 0 aromatic carbocycles. The van der Waals surface area contributed by atoms with Crippen LogP contribution in [-0.4, -0.2) is 53.3 Å². The Bertz CT molecular complexity index is 560. The van der Waals surface area contributed by atoms with Gasteiger partial charge in [0.05, 0.1) is 12.8 Å². The summed E-state index contributed by atoms with van der Waals surface area (Å²) in [4.78, 5) is 20.7. The summed E-state index contributed by atoms with van der Waals surface area (Å²) in [6.45, 7) is 5.13. The fourth-order valence-electron chi connectivity index (χ4n) is 2.57. The molecule has 21 heavy (non-hydrogen) atoms. The molecule has 0 saturated carbocycles. The predicted octanol–water partition coefficient (Wildman–Crippen LogP) is 1.68. The fraction of sp³-hybridized carbons (Fsp3) is 0.375. The van der Waals surface area contributed by atoms with E-state index >= 15 is 0 Å². The Morgan fingerprint density at radius 3 is 2.62 bits per heavy atom. The van der Waals surface area contributed by atoms with Gasteiger partial charge in [0.2, 0.25) is 5.78 Å². The molecule has 1 aliphatic rings. The largest absolute Gasteiger partial charge is 0.461 e. The molecule has 0 radical (unpaired) electrons. The summed E-state index contributed by atoms with van der Waals surface area (Å²) in [5.74, 6) is 0.508. The molecular formula is C16H19N3O2. The summed E-state index contributed by atoms with van der Waals surface area (Å²) >= 11 is 0. The molecule has 5 heteroatoms. The van der Waals surface area contributed by atoms with E-state index in [9.17, 15) is 4.79 Å². The Morgan fingerprint density at radius 2 is 1.95 bits per heavy atom. The number of hydrogen-bond acceptors (Lipinski definition) is 5. The van der Waals surface area contributed by atoms with Gasteiger partial charge in [-0.2, -0.15) is 0 Å². The maximum atomic E-state index is 12.0. The number of hydrogen-bond donors (Lipinski definition) is 0. The second kappa shape index (κ2) is 6.65. The number of Topliss-reactive ketones (excluding diaryl/α,β-unsaturated/α-hetero) is 1. The molecule has 0 aliphatic carbocycles. The van der Waals surface area contributed by atoms with E-state index in [1.54, 1.807) is 24.6 Å². The van der Waals surface area contributed by atoms with E-state index in [4.69, 9.17) is 4.42 Å². The van der Waals surface area contributed by atoms with E-state index in [-0.39, 0.29) is 5.78 Å². The lowest BCUT2D eigenvalue weighted by molar-refractivity contribution is 0.0819. The fourth-order valence-corrected chi connectivity index (χ4v) is 2.57. The van der Waals surface area contributed by atoms with E-state index in [1.807, 2.05) is 12.3 Å². The van der Waals surface area contributed by atoms with Crippen molar-refractivity contribution in [3.8, 4) is 0 Å². The number of pyridine rings is 1. The molecule has 1 saturated heterocycles. The summed E-state index contributed by atoms with van der Waals surface area (Å²) < 4.78 is 5.14. The molecule has 2 aromatic rings. The third-order valence-corrected chi connectivity index (χ3v) is 3.76. The zero-order valence-electron chi connectivity index (χ0n) is 11.9. The Morgan fingerprint density at radius 1 is 1.14 bits per heavy atom. The predicted molar refractivity (Wildman–Crippen MR) is 79.0 cm³/mol. The highest BCUT2D eigenvalue weighted by atomic mass is 16.3. The number of ketones is 1. The van der Waals surface area contributed by atoms with Gasteiger partial charge >= 0.3 is 0 Å². The number of nitrogens with zero attached hydrogens (tertiary/aromatic N) is 3. The van der Waals surface area contributed by atoms with Gasteiger partial charge in [0.1, 0.15) is 0 Å². The standard InChI is InChI=1S/C16H19N3O2/c20-15(16-4-2-10-21-16)13-19-8-6-18(7-9-19)12-14-3-1-5-17-11-14/h1-5,10-11H,6-9,12-13H2. The Labute approximate surface area is 124 Å². The smallest absolute Gasteiger partial charge is 0.211 e. The third kappa shape index (κ3) is 3.77. The van der Waals surface area contributed by atoms with Gasteiger partial charge in [-0.05, 0) is 23.8 Å². The number of furan rings is 1. The van der Waals surface area contributed by atoms with E-state index in [0.29, 0.717) is 12.3 Å². The Kier molecular flexibility index (Phi) is 4.43. The summed E-state index contributed by atoms with van der Waals surface area (Å²) in [5, 5.41) is 0. The topological polar surface area (TPSA) is 49.6 Å². The zero-order valence-corrected chi connectivity index (χ0v) is 11.9. The minimum Gasteiger partial charge on any atom is -0.461 e. The van der Waals surface area contributed by atoms with Gasteiger partial charge in [0, 0.05) is 45.1 Å². The van der Waals surface area contributed by atoms with Crippen molar-refractivity contribution < 1.29 is 9.21 Å². The summed E-state index contributed by atoms with van der Waals surface area (Å²) in [5.41, 5.74) is 1.23. The van der Waals surface area contributed by atoms with Gasteiger partial charge in [0.15, 0.2) is 5.76 Å². The van der Waals surface area contributed by atoms with Crippen LogP contribution in [-0.2, 0) is 6.54 Å². The first kappa shape index (κ1) is 14.0. The van der Waals surface area contributed by atoms with Crippen molar-refractivity contribution >= 4 is 5.78 Å². The van der Waals surface area contributed by atoms with Crippen LogP contribution in [0, 0.1) is 0 Å². The minimum atomic E-state index is 0.0562. The van der Waals surface area contributed by atoms with Crippen molar-refractivity contribution in [3.63, 3.8) is 0 Å². The number of rotatable bonds is 5. The molecule has 0 N–H and O–H groups in total. The monoisotopic (exact) mass is 285 g/mol. The highest BCUT2D eigenvalue weighted by molar-refractivity contribution is 5.94. The molecule has 2 aromatic heterocycles. The average Bonchev–Trinajstić information content (AvgIpc) is 3.05. The van der Waals surface area contributed by atoms with Crippen LogP contribution in [0.25, 0.3) is 0 Å². The van der Waals surface area contributed by atoms with Crippen molar-refractivity contribution in [2.75, 3.05) is 32.7 Å². The average molecular weight is 285 g/mol. The molecule has 5 nitrogen and oxygen atoms in total. The molecular weight excluding hydrogens is 266 g/mol. The zero-order chi connectivity index (χ0) is 14.5. The first-order chi connectivity index (χ1) is 10.3. The van der Waals surface area contributed by atoms with Crippen LogP contribution in [0.4, 0.5) is 0 Å². The van der Waals surface area contributed by atoms with Crippen molar-refractivity contribution in [2.24, 2.45) is 0 Å². The maximum Gasteiger partial charge on any atom is 0.211 e. The van der Waals surface area contributed by atoms with Crippen molar-refractivity contribution in [3.05, 3.63) is 54.2 Å². The van der Waals surface area contributed by atoms with Crippen LogP contribution in [0.15, 0.2) is 47.3 Å². The minimum absolute atomic E-state index is 0.0562. The Hall–Kier alpha value is -1.98. The molecule has 1 aliphatic heterocycles. The normalized spacial score (nSPS) is 17.0. The van der Waals surface area contributed by atoms with Crippen LogP contribution in [0.1, 0.15) is 16.1 Å². The second-order valence-corrected chi connectivity index (χ2v) is 5.31. The summed E-state index contributed by atoms with van der Waals surface area (Å²) in [6.07, 6.45) is 5.24.